The highest BCUT2D eigenvalue weighted by Gasteiger charge is 2.53. The first-order valence-electron chi connectivity index (χ1n) is 7.77. The van der Waals surface area contributed by atoms with Gasteiger partial charge in [-0.2, -0.15) is 0 Å². The van der Waals surface area contributed by atoms with Crippen LogP contribution in [-0.2, 0) is 10.2 Å². The summed E-state index contributed by atoms with van der Waals surface area (Å²) in [6.07, 6.45) is 6.53. The van der Waals surface area contributed by atoms with Crippen LogP contribution in [0, 0.1) is 5.41 Å². The number of carboxylic acid groups (broad SMARTS) is 1. The maximum atomic E-state index is 11.6. The number of benzene rings is 1. The van der Waals surface area contributed by atoms with E-state index < -0.39 is 11.4 Å². The molecule has 1 aromatic rings. The monoisotopic (exact) mass is 272 g/mol. The number of carbonyl (C=O) groups is 1. The van der Waals surface area contributed by atoms with Crippen LogP contribution in [0.3, 0.4) is 0 Å². The molecular formula is C18H24O2. The fourth-order valence-electron chi connectivity index (χ4n) is 3.98. The maximum absolute atomic E-state index is 11.6. The lowest BCUT2D eigenvalue weighted by atomic mass is 9.68. The first-order valence-corrected chi connectivity index (χ1v) is 7.77. The van der Waals surface area contributed by atoms with Crippen LogP contribution in [0.5, 0.6) is 0 Å². The highest BCUT2D eigenvalue weighted by molar-refractivity contribution is 5.85. The van der Waals surface area contributed by atoms with Gasteiger partial charge in [-0.1, -0.05) is 44.5 Å². The van der Waals surface area contributed by atoms with Crippen LogP contribution in [0.1, 0.15) is 69.4 Å². The Hall–Kier alpha value is -1.31. The zero-order valence-electron chi connectivity index (χ0n) is 12.5. The van der Waals surface area contributed by atoms with E-state index in [1.54, 1.807) is 0 Å². The molecule has 1 aromatic carbocycles. The summed E-state index contributed by atoms with van der Waals surface area (Å²) in [5.74, 6) is -0.105. The molecule has 2 heteroatoms. The second kappa shape index (κ2) is 4.61. The van der Waals surface area contributed by atoms with Gasteiger partial charge in [-0.3, -0.25) is 4.79 Å². The van der Waals surface area contributed by atoms with Crippen LogP contribution in [0.2, 0.25) is 0 Å². The predicted molar refractivity (Wildman–Crippen MR) is 80.0 cm³/mol. The smallest absolute Gasteiger partial charge is 0.314 e. The van der Waals surface area contributed by atoms with Crippen molar-refractivity contribution in [1.29, 1.82) is 0 Å². The summed E-state index contributed by atoms with van der Waals surface area (Å²) in [5, 5.41) is 9.58. The summed E-state index contributed by atoms with van der Waals surface area (Å²) >= 11 is 0. The topological polar surface area (TPSA) is 37.3 Å². The average Bonchev–Trinajstić information content (AvgIpc) is 3.19. The number of carboxylic acids is 1. The van der Waals surface area contributed by atoms with Crippen molar-refractivity contribution >= 4 is 5.97 Å². The summed E-state index contributed by atoms with van der Waals surface area (Å²) in [6, 6.07) is 8.29. The summed E-state index contributed by atoms with van der Waals surface area (Å²) in [4.78, 5) is 11.6. The van der Waals surface area contributed by atoms with Crippen LogP contribution >= 0.6 is 0 Å². The molecule has 2 fully saturated rings. The second-order valence-electron chi connectivity index (χ2n) is 7.43. The molecule has 20 heavy (non-hydrogen) atoms. The van der Waals surface area contributed by atoms with Gasteiger partial charge in [0.1, 0.15) is 0 Å². The molecule has 1 unspecified atom stereocenters. The van der Waals surface area contributed by atoms with Crippen molar-refractivity contribution in [2.45, 2.75) is 63.7 Å². The van der Waals surface area contributed by atoms with Gasteiger partial charge in [-0.15, -0.1) is 0 Å². The molecule has 0 aromatic heterocycles. The van der Waals surface area contributed by atoms with Crippen LogP contribution in [0.25, 0.3) is 0 Å². The summed E-state index contributed by atoms with van der Waals surface area (Å²) in [6.45, 7) is 4.68. The van der Waals surface area contributed by atoms with E-state index in [4.69, 9.17) is 0 Å². The summed E-state index contributed by atoms with van der Waals surface area (Å²) < 4.78 is 0. The van der Waals surface area contributed by atoms with Crippen LogP contribution in [0.4, 0.5) is 0 Å². The van der Waals surface area contributed by atoms with Gasteiger partial charge in [0, 0.05) is 0 Å². The van der Waals surface area contributed by atoms with Crippen molar-refractivity contribution in [3.63, 3.8) is 0 Å². The SMILES string of the molecule is CC1(C)CCCC(c2ccccc2C2(C(=O)O)CC2)C1. The minimum Gasteiger partial charge on any atom is -0.481 e. The van der Waals surface area contributed by atoms with Crippen molar-refractivity contribution in [3.05, 3.63) is 35.4 Å². The Morgan fingerprint density at radius 3 is 2.50 bits per heavy atom. The average molecular weight is 272 g/mol. The lowest BCUT2D eigenvalue weighted by Gasteiger charge is -2.36. The second-order valence-corrected chi connectivity index (χ2v) is 7.43. The van der Waals surface area contributed by atoms with Gasteiger partial charge >= 0.3 is 5.97 Å². The fraction of sp³-hybridized carbons (Fsp3) is 0.611. The Labute approximate surface area is 121 Å². The number of rotatable bonds is 3. The van der Waals surface area contributed by atoms with E-state index in [0.29, 0.717) is 11.3 Å². The molecule has 108 valence electrons. The van der Waals surface area contributed by atoms with E-state index in [-0.39, 0.29) is 0 Å². The zero-order chi connectivity index (χ0) is 14.4. The van der Waals surface area contributed by atoms with E-state index >= 15 is 0 Å². The number of hydrogen-bond acceptors (Lipinski definition) is 1. The highest BCUT2D eigenvalue weighted by atomic mass is 16.4. The molecule has 0 bridgehead atoms. The van der Waals surface area contributed by atoms with Crippen LogP contribution in [0.15, 0.2) is 24.3 Å². The van der Waals surface area contributed by atoms with Gasteiger partial charge in [0.15, 0.2) is 0 Å². The summed E-state index contributed by atoms with van der Waals surface area (Å²) in [5.41, 5.74) is 2.21. The van der Waals surface area contributed by atoms with Crippen molar-refractivity contribution in [2.24, 2.45) is 5.41 Å². The van der Waals surface area contributed by atoms with Gasteiger partial charge in [0.2, 0.25) is 0 Å². The Balaban J connectivity index is 1.97. The molecule has 0 spiro atoms. The molecule has 2 nitrogen and oxygen atoms in total. The van der Waals surface area contributed by atoms with Crippen molar-refractivity contribution in [3.8, 4) is 0 Å². The van der Waals surface area contributed by atoms with Gasteiger partial charge in [0.05, 0.1) is 5.41 Å². The lowest BCUT2D eigenvalue weighted by Crippen LogP contribution is -2.26. The van der Waals surface area contributed by atoms with Crippen molar-refractivity contribution in [1.82, 2.24) is 0 Å². The molecule has 0 saturated heterocycles. The van der Waals surface area contributed by atoms with Crippen molar-refractivity contribution in [2.75, 3.05) is 0 Å². The number of aliphatic carboxylic acids is 1. The van der Waals surface area contributed by atoms with Crippen LogP contribution in [-0.4, -0.2) is 11.1 Å². The Morgan fingerprint density at radius 2 is 1.90 bits per heavy atom. The van der Waals surface area contributed by atoms with Crippen molar-refractivity contribution < 1.29 is 9.90 Å². The third-order valence-corrected chi connectivity index (χ3v) is 5.28. The van der Waals surface area contributed by atoms with Gasteiger partial charge in [-0.25, -0.2) is 0 Å². The standard InChI is InChI=1S/C18H24O2/c1-17(2)9-5-6-13(12-17)14-7-3-4-8-15(14)18(10-11-18)16(19)20/h3-4,7-8,13H,5-6,9-12H2,1-2H3,(H,19,20). The number of hydrogen-bond donors (Lipinski definition) is 1. The molecule has 2 aliphatic rings. The molecule has 0 aliphatic heterocycles. The molecular weight excluding hydrogens is 248 g/mol. The Morgan fingerprint density at radius 1 is 1.20 bits per heavy atom. The van der Waals surface area contributed by atoms with Gasteiger partial charge < -0.3 is 5.11 Å². The third kappa shape index (κ3) is 2.25. The van der Waals surface area contributed by atoms with E-state index in [0.717, 1.165) is 18.4 Å². The predicted octanol–water partition coefficient (Wildman–Crippen LogP) is 4.49. The zero-order valence-corrected chi connectivity index (χ0v) is 12.5. The lowest BCUT2D eigenvalue weighted by molar-refractivity contribution is -0.140. The van der Waals surface area contributed by atoms with Gasteiger partial charge in [-0.05, 0) is 54.6 Å². The first-order chi connectivity index (χ1) is 9.45. The van der Waals surface area contributed by atoms with E-state index in [2.05, 4.69) is 32.0 Å². The highest BCUT2D eigenvalue weighted by Crippen LogP contribution is 2.53. The third-order valence-electron chi connectivity index (χ3n) is 5.28. The van der Waals surface area contributed by atoms with E-state index in [1.807, 2.05) is 6.07 Å². The van der Waals surface area contributed by atoms with Crippen LogP contribution < -0.4 is 0 Å². The Bertz CT molecular complexity index is 526. The molecule has 0 heterocycles. The molecule has 2 saturated carbocycles. The quantitative estimate of drug-likeness (QED) is 0.880. The van der Waals surface area contributed by atoms with E-state index in [9.17, 15) is 9.90 Å². The normalized spacial score (nSPS) is 27.0. The Kier molecular flexibility index (Phi) is 3.15. The minimum atomic E-state index is -0.639. The molecule has 1 atom stereocenters. The molecule has 0 radical (unpaired) electrons. The molecule has 1 N–H and O–H groups in total. The summed E-state index contributed by atoms with van der Waals surface area (Å²) in [7, 11) is 0. The maximum Gasteiger partial charge on any atom is 0.314 e. The molecule has 3 rings (SSSR count). The fourth-order valence-corrected chi connectivity index (χ4v) is 3.98. The van der Waals surface area contributed by atoms with E-state index in [1.165, 1.54) is 31.2 Å². The molecule has 0 amide bonds. The first kappa shape index (κ1) is 13.7. The molecule has 2 aliphatic carbocycles. The largest absolute Gasteiger partial charge is 0.481 e. The minimum absolute atomic E-state index is 0.385. The van der Waals surface area contributed by atoms with Gasteiger partial charge in [0.25, 0.3) is 0 Å².